The second-order valence-corrected chi connectivity index (χ2v) is 11.6. The number of aromatic nitrogens is 3. The molecule has 5 rings (SSSR count). The Balaban J connectivity index is 1.42. The lowest BCUT2D eigenvalue weighted by Gasteiger charge is -2.33. The van der Waals surface area contributed by atoms with Crippen molar-refractivity contribution in [3.8, 4) is 11.1 Å². The molecule has 2 aromatic heterocycles. The van der Waals surface area contributed by atoms with Crippen LogP contribution in [0.25, 0.3) is 22.2 Å². The molecular weight excluding hydrogens is 577 g/mol. The first-order valence-electron chi connectivity index (χ1n) is 12.7. The Hall–Kier alpha value is -4.66. The smallest absolute Gasteiger partial charge is 0.407 e. The van der Waals surface area contributed by atoms with Crippen molar-refractivity contribution in [1.82, 2.24) is 19.4 Å². The number of sulfonamides is 1. The Labute approximate surface area is 237 Å². The molecule has 1 fully saturated rings. The number of carboxylic acid groups (broad SMARTS) is 1. The quantitative estimate of drug-likeness (QED) is 0.290. The Morgan fingerprint density at radius 2 is 1.83 bits per heavy atom. The van der Waals surface area contributed by atoms with Crippen molar-refractivity contribution in [2.24, 2.45) is 7.05 Å². The van der Waals surface area contributed by atoms with Gasteiger partial charge in [-0.3, -0.25) is 14.1 Å². The normalized spacial score (nSPS) is 17.3. The number of amides is 1. The zero-order chi connectivity index (χ0) is 30.2. The van der Waals surface area contributed by atoms with E-state index in [-0.39, 0.29) is 36.7 Å². The van der Waals surface area contributed by atoms with E-state index in [2.05, 4.69) is 15.3 Å². The van der Waals surface area contributed by atoms with Crippen LogP contribution >= 0.6 is 0 Å². The summed E-state index contributed by atoms with van der Waals surface area (Å²) >= 11 is 0. The van der Waals surface area contributed by atoms with Crippen LogP contribution < -0.4 is 15.6 Å². The van der Waals surface area contributed by atoms with Gasteiger partial charge in [0.2, 0.25) is 16.0 Å². The number of benzene rings is 2. The van der Waals surface area contributed by atoms with Crippen molar-refractivity contribution in [1.29, 1.82) is 0 Å². The number of carbonyl (C=O) groups is 1. The summed E-state index contributed by atoms with van der Waals surface area (Å²) in [7, 11) is -2.70. The molecule has 2 aromatic carbocycles. The second kappa shape index (κ2) is 11.3. The average Bonchev–Trinajstić information content (AvgIpc) is 2.94. The Morgan fingerprint density at radius 1 is 1.10 bits per heavy atom. The molecule has 1 amide bonds. The standard InChI is InChI=1S/C27H25F3N6O5S/c1-35-24-16(11-31-26(33-24)32-18-10-17(28)12-36(13-18)27(38)39)9-20(25(35)37)19-7-8-21(23(30)22(19)29)34-42(40,41)14-15-5-3-2-4-6-15/h2-9,11,17-18,34H,10,12-14H2,1H3,(H,38,39)(H,31,32,33)/t17-,18-/m0/s1. The summed E-state index contributed by atoms with van der Waals surface area (Å²) in [4.78, 5) is 33.9. The lowest BCUT2D eigenvalue weighted by Crippen LogP contribution is -2.49. The first-order chi connectivity index (χ1) is 19.9. The highest BCUT2D eigenvalue weighted by Crippen LogP contribution is 2.29. The molecule has 0 aliphatic carbocycles. The van der Waals surface area contributed by atoms with Gasteiger partial charge in [-0.05, 0) is 23.8 Å². The zero-order valence-electron chi connectivity index (χ0n) is 22.1. The van der Waals surface area contributed by atoms with Gasteiger partial charge in [0, 0.05) is 43.2 Å². The van der Waals surface area contributed by atoms with Crippen LogP contribution in [0.2, 0.25) is 0 Å². The molecule has 11 nitrogen and oxygen atoms in total. The molecule has 0 bridgehead atoms. The van der Waals surface area contributed by atoms with Gasteiger partial charge in [-0.25, -0.2) is 31.4 Å². The molecule has 3 N–H and O–H groups in total. The van der Waals surface area contributed by atoms with E-state index in [1.807, 2.05) is 4.72 Å². The van der Waals surface area contributed by atoms with E-state index < -0.39 is 62.5 Å². The number of likely N-dealkylation sites (tertiary alicyclic amines) is 1. The van der Waals surface area contributed by atoms with Crippen LogP contribution in [0.15, 0.2) is 59.5 Å². The lowest BCUT2D eigenvalue weighted by atomic mass is 10.0. The number of alkyl halides is 1. The first-order valence-corrected chi connectivity index (χ1v) is 14.3. The van der Waals surface area contributed by atoms with Crippen LogP contribution in [-0.2, 0) is 22.8 Å². The number of pyridine rings is 1. The number of anilines is 2. The monoisotopic (exact) mass is 602 g/mol. The fourth-order valence-electron chi connectivity index (χ4n) is 4.82. The van der Waals surface area contributed by atoms with Crippen molar-refractivity contribution in [3.05, 3.63) is 82.3 Å². The third kappa shape index (κ3) is 6.00. The highest BCUT2D eigenvalue weighted by Gasteiger charge is 2.30. The topological polar surface area (TPSA) is 147 Å². The maximum absolute atomic E-state index is 15.2. The summed E-state index contributed by atoms with van der Waals surface area (Å²) < 4.78 is 72.5. The number of nitrogens with one attached hydrogen (secondary N) is 2. The minimum absolute atomic E-state index is 0.0122. The maximum atomic E-state index is 15.2. The second-order valence-electron chi connectivity index (χ2n) is 9.89. The molecule has 1 aliphatic rings. The Bertz CT molecular complexity index is 1840. The molecule has 1 aliphatic heterocycles. The number of rotatable bonds is 7. The fourth-order valence-corrected chi connectivity index (χ4v) is 6.02. The van der Waals surface area contributed by atoms with Crippen molar-refractivity contribution in [3.63, 3.8) is 0 Å². The molecule has 0 unspecified atom stereocenters. The first kappa shape index (κ1) is 28.9. The van der Waals surface area contributed by atoms with Gasteiger partial charge in [-0.15, -0.1) is 0 Å². The highest BCUT2D eigenvalue weighted by molar-refractivity contribution is 7.91. The van der Waals surface area contributed by atoms with Gasteiger partial charge in [-0.1, -0.05) is 30.3 Å². The van der Waals surface area contributed by atoms with Gasteiger partial charge in [0.05, 0.1) is 23.5 Å². The van der Waals surface area contributed by atoms with Crippen molar-refractivity contribution in [2.75, 3.05) is 23.1 Å². The van der Waals surface area contributed by atoms with Gasteiger partial charge >= 0.3 is 6.09 Å². The van der Waals surface area contributed by atoms with E-state index in [1.165, 1.54) is 19.3 Å². The summed E-state index contributed by atoms with van der Waals surface area (Å²) in [5.74, 6) is -3.33. The summed E-state index contributed by atoms with van der Waals surface area (Å²) in [5, 5.41) is 12.4. The maximum Gasteiger partial charge on any atom is 0.407 e. The molecule has 0 spiro atoms. The minimum atomic E-state index is -4.07. The van der Waals surface area contributed by atoms with E-state index >= 15 is 8.78 Å². The van der Waals surface area contributed by atoms with Gasteiger partial charge in [-0.2, -0.15) is 4.98 Å². The van der Waals surface area contributed by atoms with E-state index in [1.54, 1.807) is 30.3 Å². The van der Waals surface area contributed by atoms with Gasteiger partial charge < -0.3 is 15.3 Å². The molecule has 220 valence electrons. The summed E-state index contributed by atoms with van der Waals surface area (Å²) in [6.07, 6.45) is -1.26. The average molecular weight is 603 g/mol. The molecule has 2 atom stereocenters. The molecule has 3 heterocycles. The van der Waals surface area contributed by atoms with Crippen LogP contribution in [-0.4, -0.2) is 64.4 Å². The van der Waals surface area contributed by atoms with Crippen molar-refractivity contribution in [2.45, 2.75) is 24.4 Å². The third-order valence-corrected chi connectivity index (χ3v) is 8.03. The predicted molar refractivity (Wildman–Crippen MR) is 149 cm³/mol. The van der Waals surface area contributed by atoms with Crippen LogP contribution in [0.3, 0.4) is 0 Å². The van der Waals surface area contributed by atoms with E-state index in [4.69, 9.17) is 0 Å². The molecular formula is C27H25F3N6O5S. The highest BCUT2D eigenvalue weighted by atomic mass is 32.2. The number of nitrogens with zero attached hydrogens (tertiary/aromatic N) is 4. The molecule has 4 aromatic rings. The molecule has 1 saturated heterocycles. The summed E-state index contributed by atoms with van der Waals surface area (Å²) in [5.41, 5.74) is -1.35. The predicted octanol–water partition coefficient (Wildman–Crippen LogP) is 3.72. The number of hydrogen-bond donors (Lipinski definition) is 3. The fraction of sp³-hybridized carbons (Fsp3) is 0.259. The molecule has 0 saturated carbocycles. The van der Waals surface area contributed by atoms with Crippen molar-refractivity contribution < 1.29 is 31.5 Å². The van der Waals surface area contributed by atoms with E-state index in [0.29, 0.717) is 10.9 Å². The Morgan fingerprint density at radius 3 is 2.55 bits per heavy atom. The van der Waals surface area contributed by atoms with Crippen LogP contribution in [0.4, 0.5) is 29.6 Å². The van der Waals surface area contributed by atoms with Gasteiger partial charge in [0.1, 0.15) is 11.8 Å². The number of aryl methyl sites for hydroxylation is 1. The van der Waals surface area contributed by atoms with Gasteiger partial charge in [0.25, 0.3) is 5.56 Å². The molecule has 0 radical (unpaired) electrons. The van der Waals surface area contributed by atoms with Crippen LogP contribution in [0, 0.1) is 11.6 Å². The number of piperidine rings is 1. The number of hydrogen-bond acceptors (Lipinski definition) is 7. The minimum Gasteiger partial charge on any atom is -0.465 e. The summed E-state index contributed by atoms with van der Waals surface area (Å²) in [6, 6.07) is 11.0. The van der Waals surface area contributed by atoms with Gasteiger partial charge in [0.15, 0.2) is 11.6 Å². The summed E-state index contributed by atoms with van der Waals surface area (Å²) in [6.45, 7) is -0.223. The van der Waals surface area contributed by atoms with Crippen LogP contribution in [0.1, 0.15) is 12.0 Å². The van der Waals surface area contributed by atoms with Crippen molar-refractivity contribution >= 4 is 38.8 Å². The van der Waals surface area contributed by atoms with E-state index in [0.717, 1.165) is 21.6 Å². The number of halogens is 3. The lowest BCUT2D eigenvalue weighted by molar-refractivity contribution is 0.102. The SMILES string of the molecule is Cn1c(=O)c(-c2ccc(NS(=O)(=O)Cc3ccccc3)c(F)c2F)cc2cnc(N[C@H]3C[C@H](F)CN(C(=O)O)C3)nc21. The molecule has 42 heavy (non-hydrogen) atoms. The number of fused-ring (bicyclic) bond motifs is 1. The van der Waals surface area contributed by atoms with E-state index in [9.17, 15) is 27.5 Å². The Kier molecular flexibility index (Phi) is 7.77. The largest absolute Gasteiger partial charge is 0.465 e. The van der Waals surface area contributed by atoms with Crippen LogP contribution in [0.5, 0.6) is 0 Å². The molecule has 15 heteroatoms. The third-order valence-electron chi connectivity index (χ3n) is 6.79. The zero-order valence-corrected chi connectivity index (χ0v) is 22.9.